The second kappa shape index (κ2) is 2.44. The van der Waals surface area contributed by atoms with Crippen LogP contribution in [0.1, 0.15) is 13.3 Å². The van der Waals surface area contributed by atoms with Gasteiger partial charge in [-0.1, -0.05) is 6.92 Å². The van der Waals surface area contributed by atoms with Crippen molar-refractivity contribution >= 4 is 0 Å². The summed E-state index contributed by atoms with van der Waals surface area (Å²) < 4.78 is 9.98. The van der Waals surface area contributed by atoms with Crippen molar-refractivity contribution in [2.75, 3.05) is 6.61 Å². The fourth-order valence-corrected chi connectivity index (χ4v) is 0.684. The monoisotopic (exact) mass is 117 g/mol. The molecular weight excluding hydrogens is 106 g/mol. The van der Waals surface area contributed by atoms with E-state index < -0.39 is 6.41 Å². The molecule has 0 bridgehead atoms. The van der Waals surface area contributed by atoms with Crippen LogP contribution in [0.4, 0.5) is 0 Å². The van der Waals surface area contributed by atoms with Gasteiger partial charge in [0.05, 0.1) is 12.7 Å². The van der Waals surface area contributed by atoms with Crippen LogP contribution in [0.15, 0.2) is 0 Å². The summed E-state index contributed by atoms with van der Waals surface area (Å²) in [6.07, 6.45) is 0.734. The predicted octanol–water partition coefficient (Wildman–Crippen LogP) is 0.0541. The summed E-state index contributed by atoms with van der Waals surface area (Å²) in [6.45, 7) is 2.70. The zero-order valence-corrected chi connectivity index (χ0v) is 4.96. The van der Waals surface area contributed by atoms with Crippen molar-refractivity contribution in [1.82, 2.24) is 0 Å². The number of ether oxygens (including phenoxy) is 2. The Bertz CT molecular complexity index is 76.8. The smallest absolute Gasteiger partial charge is 0.213 e. The molecule has 2 atom stereocenters. The summed E-state index contributed by atoms with van der Waals surface area (Å²) in [4.78, 5) is 0. The highest BCUT2D eigenvalue weighted by Crippen LogP contribution is 2.09. The summed E-state index contributed by atoms with van der Waals surface area (Å²) in [5.74, 6) is 0. The molecule has 1 aliphatic rings. The molecule has 0 amide bonds. The minimum Gasteiger partial charge on any atom is -0.337 e. The van der Waals surface area contributed by atoms with Gasteiger partial charge in [-0.05, 0) is 6.42 Å². The van der Waals surface area contributed by atoms with E-state index >= 15 is 0 Å². The minimum atomic E-state index is -0.472. The second-order valence-electron chi connectivity index (χ2n) is 1.87. The lowest BCUT2D eigenvalue weighted by molar-refractivity contribution is -0.0518. The van der Waals surface area contributed by atoms with E-state index in [9.17, 15) is 0 Å². The first-order valence-corrected chi connectivity index (χ1v) is 2.85. The molecule has 1 heterocycles. The van der Waals surface area contributed by atoms with Crippen molar-refractivity contribution in [1.29, 1.82) is 0 Å². The average molecular weight is 117 g/mol. The van der Waals surface area contributed by atoms with Gasteiger partial charge in [-0.15, -0.1) is 0 Å². The molecule has 0 aromatic heterocycles. The Morgan fingerprint density at radius 2 is 2.50 bits per heavy atom. The molecule has 0 aromatic rings. The lowest BCUT2D eigenvalue weighted by Crippen LogP contribution is -2.20. The van der Waals surface area contributed by atoms with Crippen molar-refractivity contribution in [3.8, 4) is 0 Å². The lowest BCUT2D eigenvalue weighted by Gasteiger charge is -2.02. The summed E-state index contributed by atoms with van der Waals surface area (Å²) in [6, 6.07) is 0. The summed E-state index contributed by atoms with van der Waals surface area (Å²) in [5.41, 5.74) is 5.26. The summed E-state index contributed by atoms with van der Waals surface area (Å²) in [5, 5.41) is 0. The van der Waals surface area contributed by atoms with E-state index in [0.717, 1.165) is 6.42 Å². The fourth-order valence-electron chi connectivity index (χ4n) is 0.684. The van der Waals surface area contributed by atoms with Crippen LogP contribution in [0, 0.1) is 0 Å². The van der Waals surface area contributed by atoms with Gasteiger partial charge in [0.15, 0.2) is 0 Å². The van der Waals surface area contributed by atoms with Crippen LogP contribution in [0.25, 0.3) is 0 Å². The van der Waals surface area contributed by atoms with E-state index in [4.69, 9.17) is 15.2 Å². The molecule has 0 aromatic carbocycles. The molecule has 48 valence electrons. The molecule has 8 heavy (non-hydrogen) atoms. The highest BCUT2D eigenvalue weighted by atomic mass is 16.7. The van der Waals surface area contributed by atoms with E-state index in [0.29, 0.717) is 6.61 Å². The Labute approximate surface area is 48.8 Å². The van der Waals surface area contributed by atoms with E-state index in [2.05, 4.69) is 0 Å². The normalized spacial score (nSPS) is 38.2. The van der Waals surface area contributed by atoms with Gasteiger partial charge in [-0.2, -0.15) is 0 Å². The van der Waals surface area contributed by atoms with Gasteiger partial charge in [-0.25, -0.2) is 0 Å². The first-order chi connectivity index (χ1) is 3.83. The Balaban J connectivity index is 2.22. The molecular formula is C5H11NO2. The van der Waals surface area contributed by atoms with Gasteiger partial charge < -0.3 is 9.47 Å². The third-order valence-electron chi connectivity index (χ3n) is 1.23. The van der Waals surface area contributed by atoms with Gasteiger partial charge >= 0.3 is 0 Å². The van der Waals surface area contributed by atoms with Crippen molar-refractivity contribution in [2.45, 2.75) is 25.9 Å². The van der Waals surface area contributed by atoms with Crippen LogP contribution in [-0.4, -0.2) is 19.1 Å². The highest BCUT2D eigenvalue weighted by Gasteiger charge is 2.20. The molecule has 0 saturated carbocycles. The number of hydrogen-bond acceptors (Lipinski definition) is 3. The Hall–Kier alpha value is -0.120. The molecule has 1 saturated heterocycles. The van der Waals surface area contributed by atoms with Crippen LogP contribution in [-0.2, 0) is 9.47 Å². The van der Waals surface area contributed by atoms with Crippen LogP contribution in [0.2, 0.25) is 0 Å². The zero-order chi connectivity index (χ0) is 5.98. The molecule has 2 N–H and O–H groups in total. The fraction of sp³-hybridized carbons (Fsp3) is 1.00. The van der Waals surface area contributed by atoms with Crippen molar-refractivity contribution < 1.29 is 9.47 Å². The molecule has 0 spiro atoms. The van der Waals surface area contributed by atoms with Gasteiger partial charge in [0.1, 0.15) is 0 Å². The maximum atomic E-state index is 5.26. The van der Waals surface area contributed by atoms with Crippen LogP contribution in [0.3, 0.4) is 0 Å². The van der Waals surface area contributed by atoms with Gasteiger partial charge in [0.2, 0.25) is 6.41 Å². The summed E-state index contributed by atoms with van der Waals surface area (Å²) >= 11 is 0. The molecule has 1 rings (SSSR count). The predicted molar refractivity (Wildman–Crippen MR) is 29.1 cm³/mol. The van der Waals surface area contributed by atoms with Crippen molar-refractivity contribution in [3.05, 3.63) is 0 Å². The Morgan fingerprint density at radius 3 is 2.75 bits per heavy atom. The van der Waals surface area contributed by atoms with Crippen LogP contribution in [0.5, 0.6) is 0 Å². The second-order valence-corrected chi connectivity index (χ2v) is 1.87. The molecule has 1 fully saturated rings. The molecule has 3 nitrogen and oxygen atoms in total. The number of nitrogens with two attached hydrogens (primary N) is 1. The SMILES string of the molecule is CCC1COC(N)O1. The standard InChI is InChI=1S/C5H11NO2/c1-2-4-3-7-5(6)8-4/h4-5H,2-3,6H2,1H3. The highest BCUT2D eigenvalue weighted by molar-refractivity contribution is 4.58. The first-order valence-electron chi connectivity index (χ1n) is 2.85. The largest absolute Gasteiger partial charge is 0.337 e. The van der Waals surface area contributed by atoms with Crippen molar-refractivity contribution in [3.63, 3.8) is 0 Å². The molecule has 0 aliphatic carbocycles. The Kier molecular flexibility index (Phi) is 1.83. The number of hydrogen-bond donors (Lipinski definition) is 1. The van der Waals surface area contributed by atoms with E-state index in [1.54, 1.807) is 0 Å². The molecule has 0 radical (unpaired) electrons. The lowest BCUT2D eigenvalue weighted by atomic mass is 10.3. The topological polar surface area (TPSA) is 44.5 Å². The zero-order valence-electron chi connectivity index (χ0n) is 4.96. The van der Waals surface area contributed by atoms with Crippen molar-refractivity contribution in [2.24, 2.45) is 5.73 Å². The average Bonchev–Trinajstić information content (AvgIpc) is 2.14. The van der Waals surface area contributed by atoms with Gasteiger partial charge in [0, 0.05) is 0 Å². The minimum absolute atomic E-state index is 0.227. The third kappa shape index (κ3) is 1.18. The van der Waals surface area contributed by atoms with E-state index in [1.165, 1.54) is 0 Å². The van der Waals surface area contributed by atoms with E-state index in [1.807, 2.05) is 6.92 Å². The number of rotatable bonds is 1. The third-order valence-corrected chi connectivity index (χ3v) is 1.23. The maximum absolute atomic E-state index is 5.26. The Morgan fingerprint density at radius 1 is 1.75 bits per heavy atom. The van der Waals surface area contributed by atoms with Crippen LogP contribution >= 0.6 is 0 Å². The summed E-state index contributed by atoms with van der Waals surface area (Å²) in [7, 11) is 0. The first kappa shape index (κ1) is 6.01. The molecule has 1 aliphatic heterocycles. The molecule has 3 heteroatoms. The molecule has 2 unspecified atom stereocenters. The van der Waals surface area contributed by atoms with Gasteiger partial charge in [0.25, 0.3) is 0 Å². The quantitative estimate of drug-likeness (QED) is 0.528. The van der Waals surface area contributed by atoms with Gasteiger partial charge in [-0.3, -0.25) is 5.73 Å². The van der Waals surface area contributed by atoms with Crippen LogP contribution < -0.4 is 5.73 Å². The maximum Gasteiger partial charge on any atom is 0.213 e. The van der Waals surface area contributed by atoms with E-state index in [-0.39, 0.29) is 6.10 Å².